The molecule has 1 atom stereocenters. The van der Waals surface area contributed by atoms with Crippen molar-refractivity contribution in [3.63, 3.8) is 0 Å². The lowest BCUT2D eigenvalue weighted by Gasteiger charge is -2.43. The minimum atomic E-state index is 0.332. The third-order valence-electron chi connectivity index (χ3n) is 4.37. The van der Waals surface area contributed by atoms with E-state index >= 15 is 0 Å². The van der Waals surface area contributed by atoms with E-state index in [2.05, 4.69) is 43.3 Å². The molecule has 0 aliphatic carbocycles. The first-order chi connectivity index (χ1) is 7.58. The maximum Gasteiger partial charge on any atom is 0.0340 e. The Morgan fingerprint density at radius 2 is 2.19 bits per heavy atom. The maximum atomic E-state index is 3.49. The normalized spacial score (nSPS) is 30.3. The van der Waals surface area contributed by atoms with Gasteiger partial charge in [0.2, 0.25) is 0 Å². The molecule has 1 fully saturated rings. The van der Waals surface area contributed by atoms with E-state index in [0.29, 0.717) is 11.0 Å². The molecule has 1 spiro atoms. The van der Waals surface area contributed by atoms with Crippen molar-refractivity contribution in [1.29, 1.82) is 0 Å². The van der Waals surface area contributed by atoms with E-state index in [9.17, 15) is 0 Å². The molecule has 0 aromatic carbocycles. The molecule has 0 aromatic rings. The highest BCUT2D eigenvalue weighted by molar-refractivity contribution is 5.09. The molecule has 0 amide bonds. The fraction of sp³-hybridized carbons (Fsp3) is 0.857. The number of rotatable bonds is 3. The van der Waals surface area contributed by atoms with Gasteiger partial charge >= 0.3 is 0 Å². The van der Waals surface area contributed by atoms with Crippen LogP contribution in [0.2, 0.25) is 0 Å². The van der Waals surface area contributed by atoms with Gasteiger partial charge in [-0.25, -0.2) is 0 Å². The van der Waals surface area contributed by atoms with Crippen molar-refractivity contribution in [2.75, 3.05) is 19.6 Å². The summed E-state index contributed by atoms with van der Waals surface area (Å²) < 4.78 is 0. The zero-order chi connectivity index (χ0) is 11.6. The average Bonchev–Trinajstić information content (AvgIpc) is 2.67. The monoisotopic (exact) mass is 222 g/mol. The maximum absolute atomic E-state index is 3.49. The van der Waals surface area contributed by atoms with E-state index in [1.807, 2.05) is 0 Å². The predicted octanol–water partition coefficient (Wildman–Crippen LogP) is 2.76. The van der Waals surface area contributed by atoms with Gasteiger partial charge in [-0.3, -0.25) is 0 Å². The molecule has 0 saturated carbocycles. The van der Waals surface area contributed by atoms with Gasteiger partial charge in [-0.05, 0) is 45.9 Å². The summed E-state index contributed by atoms with van der Waals surface area (Å²) in [7, 11) is 0. The lowest BCUT2D eigenvalue weighted by Crippen LogP contribution is -2.45. The van der Waals surface area contributed by atoms with Crippen molar-refractivity contribution in [3.05, 3.63) is 12.3 Å². The van der Waals surface area contributed by atoms with Gasteiger partial charge in [-0.15, -0.1) is 0 Å². The first-order valence-corrected chi connectivity index (χ1v) is 6.75. The van der Waals surface area contributed by atoms with Crippen LogP contribution >= 0.6 is 0 Å². The van der Waals surface area contributed by atoms with Crippen molar-refractivity contribution >= 4 is 0 Å². The smallest absolute Gasteiger partial charge is 0.0340 e. The van der Waals surface area contributed by atoms with Crippen LogP contribution in [-0.4, -0.2) is 30.1 Å². The molecule has 2 nitrogen and oxygen atoms in total. The minimum absolute atomic E-state index is 0.332. The Kier molecular flexibility index (Phi) is 3.29. The Morgan fingerprint density at radius 1 is 1.38 bits per heavy atom. The van der Waals surface area contributed by atoms with Gasteiger partial charge in [0.05, 0.1) is 0 Å². The zero-order valence-corrected chi connectivity index (χ0v) is 11.1. The molecule has 0 bridgehead atoms. The Labute approximate surface area is 100 Å². The first kappa shape index (κ1) is 12.0. The minimum Gasteiger partial charge on any atom is -0.373 e. The van der Waals surface area contributed by atoms with Gasteiger partial charge in [0.25, 0.3) is 0 Å². The third-order valence-corrected chi connectivity index (χ3v) is 4.37. The molecule has 2 rings (SSSR count). The molecule has 2 aliphatic heterocycles. The van der Waals surface area contributed by atoms with Crippen molar-refractivity contribution < 1.29 is 0 Å². The third kappa shape index (κ3) is 2.27. The van der Waals surface area contributed by atoms with Crippen LogP contribution in [0.4, 0.5) is 0 Å². The summed E-state index contributed by atoms with van der Waals surface area (Å²) in [5.74, 6) is 0. The van der Waals surface area contributed by atoms with Crippen LogP contribution in [0.3, 0.4) is 0 Å². The van der Waals surface area contributed by atoms with Crippen LogP contribution < -0.4 is 5.32 Å². The molecule has 92 valence electrons. The van der Waals surface area contributed by atoms with Crippen LogP contribution in [0, 0.1) is 5.41 Å². The van der Waals surface area contributed by atoms with E-state index in [4.69, 9.17) is 0 Å². The molecule has 1 unspecified atom stereocenters. The molecular weight excluding hydrogens is 196 g/mol. The van der Waals surface area contributed by atoms with E-state index in [0.717, 1.165) is 0 Å². The van der Waals surface area contributed by atoms with Gasteiger partial charge in [0.15, 0.2) is 0 Å². The summed E-state index contributed by atoms with van der Waals surface area (Å²) in [4.78, 5) is 2.54. The highest BCUT2D eigenvalue weighted by Gasteiger charge is 2.36. The SMILES string of the molecule is CCCC(C)(C)N1C=CC2(CCNC2)CC1. The molecule has 1 saturated heterocycles. The Bertz CT molecular complexity index is 262. The lowest BCUT2D eigenvalue weighted by molar-refractivity contribution is 0.136. The van der Waals surface area contributed by atoms with Crippen LogP contribution in [0.25, 0.3) is 0 Å². The predicted molar refractivity (Wildman–Crippen MR) is 69.4 cm³/mol. The van der Waals surface area contributed by atoms with Crippen molar-refractivity contribution in [3.8, 4) is 0 Å². The second kappa shape index (κ2) is 4.40. The summed E-state index contributed by atoms with van der Waals surface area (Å²) >= 11 is 0. The Balaban J connectivity index is 2.01. The number of nitrogens with one attached hydrogen (secondary N) is 1. The average molecular weight is 222 g/mol. The fourth-order valence-electron chi connectivity index (χ4n) is 3.13. The molecular formula is C14H26N2. The first-order valence-electron chi connectivity index (χ1n) is 6.75. The van der Waals surface area contributed by atoms with Crippen LogP contribution in [-0.2, 0) is 0 Å². The van der Waals surface area contributed by atoms with Crippen molar-refractivity contribution in [2.24, 2.45) is 5.41 Å². The quantitative estimate of drug-likeness (QED) is 0.790. The summed E-state index contributed by atoms with van der Waals surface area (Å²) in [5, 5.41) is 3.49. The van der Waals surface area contributed by atoms with E-state index in [1.165, 1.54) is 45.3 Å². The van der Waals surface area contributed by atoms with Gasteiger partial charge in [-0.1, -0.05) is 19.4 Å². The number of nitrogens with zero attached hydrogens (tertiary/aromatic N) is 1. The topological polar surface area (TPSA) is 15.3 Å². The van der Waals surface area contributed by atoms with Gasteiger partial charge < -0.3 is 10.2 Å². The van der Waals surface area contributed by atoms with Crippen LogP contribution in [0.1, 0.15) is 46.5 Å². The van der Waals surface area contributed by atoms with Crippen molar-refractivity contribution in [2.45, 2.75) is 52.0 Å². The molecule has 0 aromatic heterocycles. The summed E-state index contributed by atoms with van der Waals surface area (Å²) in [5.41, 5.74) is 0.817. The Hall–Kier alpha value is -0.500. The highest BCUT2D eigenvalue weighted by atomic mass is 15.2. The lowest BCUT2D eigenvalue weighted by atomic mass is 9.80. The molecule has 0 radical (unpaired) electrons. The van der Waals surface area contributed by atoms with Gasteiger partial charge in [0, 0.05) is 24.0 Å². The second-order valence-corrected chi connectivity index (χ2v) is 6.11. The van der Waals surface area contributed by atoms with E-state index in [1.54, 1.807) is 0 Å². The second-order valence-electron chi connectivity index (χ2n) is 6.11. The molecule has 2 heterocycles. The number of hydrogen-bond donors (Lipinski definition) is 1. The highest BCUT2D eigenvalue weighted by Crippen LogP contribution is 2.36. The number of hydrogen-bond acceptors (Lipinski definition) is 2. The summed E-state index contributed by atoms with van der Waals surface area (Å²) in [6.07, 6.45) is 10.0. The van der Waals surface area contributed by atoms with Gasteiger partial charge in [0.1, 0.15) is 0 Å². The Morgan fingerprint density at radius 3 is 2.69 bits per heavy atom. The van der Waals surface area contributed by atoms with E-state index in [-0.39, 0.29) is 0 Å². The summed E-state index contributed by atoms with van der Waals surface area (Å²) in [6, 6.07) is 0. The standard InChI is InChI=1S/C14H26N2/c1-4-5-13(2,3)16-10-7-14(8-11-16)6-9-15-12-14/h7,10,15H,4-6,8-9,11-12H2,1-3H3. The van der Waals surface area contributed by atoms with Crippen molar-refractivity contribution in [1.82, 2.24) is 10.2 Å². The van der Waals surface area contributed by atoms with Gasteiger partial charge in [-0.2, -0.15) is 0 Å². The largest absolute Gasteiger partial charge is 0.373 e. The van der Waals surface area contributed by atoms with Crippen LogP contribution in [0.5, 0.6) is 0 Å². The molecule has 16 heavy (non-hydrogen) atoms. The fourth-order valence-corrected chi connectivity index (χ4v) is 3.13. The van der Waals surface area contributed by atoms with Crippen LogP contribution in [0.15, 0.2) is 12.3 Å². The van der Waals surface area contributed by atoms with E-state index < -0.39 is 0 Å². The molecule has 1 N–H and O–H groups in total. The molecule has 2 aliphatic rings. The summed E-state index contributed by atoms with van der Waals surface area (Å²) in [6.45, 7) is 10.6. The molecule has 2 heteroatoms. The zero-order valence-electron chi connectivity index (χ0n) is 11.1.